The van der Waals surface area contributed by atoms with Gasteiger partial charge in [0.1, 0.15) is 17.9 Å². The number of benzene rings is 2. The van der Waals surface area contributed by atoms with Crippen molar-refractivity contribution >= 4 is 28.1 Å². The van der Waals surface area contributed by atoms with Gasteiger partial charge in [-0.25, -0.2) is 9.97 Å². The third kappa shape index (κ3) is 3.30. The van der Waals surface area contributed by atoms with Gasteiger partial charge in [0, 0.05) is 11.6 Å². The number of hydrogen-bond donors (Lipinski definition) is 1. The molecule has 0 aliphatic rings. The van der Waals surface area contributed by atoms with Crippen LogP contribution in [0.1, 0.15) is 5.56 Å². The number of nitrogens with one attached hydrogen (secondary N) is 1. The van der Waals surface area contributed by atoms with Crippen molar-refractivity contribution < 1.29 is 9.66 Å². The van der Waals surface area contributed by atoms with Gasteiger partial charge in [-0.1, -0.05) is 42.5 Å². The number of ether oxygens (including phenoxy) is 1. The first-order valence-electron chi connectivity index (χ1n) is 8.47. The number of nitro groups is 1. The zero-order chi connectivity index (χ0) is 19.5. The van der Waals surface area contributed by atoms with E-state index in [1.807, 2.05) is 49.4 Å². The number of aryl methyl sites for hydroxylation is 1. The van der Waals surface area contributed by atoms with E-state index in [9.17, 15) is 10.1 Å². The molecular weight excluding hydrogens is 358 g/mol. The van der Waals surface area contributed by atoms with Crippen molar-refractivity contribution in [1.82, 2.24) is 15.0 Å². The van der Waals surface area contributed by atoms with Crippen molar-refractivity contribution in [2.45, 2.75) is 6.92 Å². The molecule has 138 valence electrons. The average Bonchev–Trinajstić information content (AvgIpc) is 2.70. The third-order valence-electron chi connectivity index (χ3n) is 4.17. The molecule has 8 heteroatoms. The highest BCUT2D eigenvalue weighted by Gasteiger charge is 2.26. The van der Waals surface area contributed by atoms with E-state index in [4.69, 9.17) is 4.74 Å². The summed E-state index contributed by atoms with van der Waals surface area (Å²) in [4.78, 5) is 23.4. The van der Waals surface area contributed by atoms with Crippen LogP contribution in [0, 0.1) is 17.0 Å². The molecule has 1 N–H and O–H groups in total. The summed E-state index contributed by atoms with van der Waals surface area (Å²) in [6, 6.07) is 16.7. The second-order valence-electron chi connectivity index (χ2n) is 6.01. The minimum Gasteiger partial charge on any atom is -0.433 e. The molecule has 0 unspecified atom stereocenters. The van der Waals surface area contributed by atoms with Crippen molar-refractivity contribution in [3.63, 3.8) is 0 Å². The van der Waals surface area contributed by atoms with Gasteiger partial charge in [-0.2, -0.15) is 4.98 Å². The van der Waals surface area contributed by atoms with E-state index in [-0.39, 0.29) is 17.4 Å². The number of rotatable bonds is 5. The van der Waals surface area contributed by atoms with Gasteiger partial charge in [0.15, 0.2) is 0 Å². The number of anilines is 2. The fourth-order valence-corrected chi connectivity index (χ4v) is 2.81. The van der Waals surface area contributed by atoms with Crippen LogP contribution < -0.4 is 10.1 Å². The molecular formula is C20H15N5O3. The van der Waals surface area contributed by atoms with Crippen LogP contribution in [0.2, 0.25) is 0 Å². The van der Waals surface area contributed by atoms with Gasteiger partial charge in [-0.05, 0) is 30.0 Å². The molecule has 0 aliphatic heterocycles. The average molecular weight is 373 g/mol. The Kier molecular flexibility index (Phi) is 4.51. The normalized spacial score (nSPS) is 10.6. The summed E-state index contributed by atoms with van der Waals surface area (Å²) in [6.45, 7) is 1.84. The maximum Gasteiger partial charge on any atom is 0.373 e. The summed E-state index contributed by atoms with van der Waals surface area (Å²) in [5, 5.41) is 16.4. The van der Waals surface area contributed by atoms with E-state index in [2.05, 4.69) is 20.3 Å². The topological polar surface area (TPSA) is 103 Å². The lowest BCUT2D eigenvalue weighted by Crippen LogP contribution is -2.05. The Balaban J connectivity index is 1.77. The van der Waals surface area contributed by atoms with E-state index < -0.39 is 4.92 Å². The number of aromatic nitrogens is 3. The first-order valence-corrected chi connectivity index (χ1v) is 8.47. The molecule has 2 aromatic heterocycles. The highest BCUT2D eigenvalue weighted by Crippen LogP contribution is 2.37. The summed E-state index contributed by atoms with van der Waals surface area (Å²) < 4.78 is 5.84. The highest BCUT2D eigenvalue weighted by atomic mass is 16.6. The number of pyridine rings is 1. The largest absolute Gasteiger partial charge is 0.433 e. The minimum absolute atomic E-state index is 0.0111. The van der Waals surface area contributed by atoms with Gasteiger partial charge in [0.05, 0.1) is 4.92 Å². The van der Waals surface area contributed by atoms with E-state index in [0.717, 1.165) is 16.3 Å². The molecule has 2 heterocycles. The molecule has 0 fully saturated rings. The van der Waals surface area contributed by atoms with Gasteiger partial charge in [-0.3, -0.25) is 10.1 Å². The minimum atomic E-state index is -0.568. The fraction of sp³-hybridized carbons (Fsp3) is 0.0500. The summed E-state index contributed by atoms with van der Waals surface area (Å²) in [7, 11) is 0. The second-order valence-corrected chi connectivity index (χ2v) is 6.01. The van der Waals surface area contributed by atoms with Crippen LogP contribution in [0.25, 0.3) is 10.8 Å². The molecule has 0 amide bonds. The van der Waals surface area contributed by atoms with E-state index in [1.54, 1.807) is 18.3 Å². The van der Waals surface area contributed by atoms with Crippen molar-refractivity contribution in [3.8, 4) is 11.6 Å². The van der Waals surface area contributed by atoms with Crippen molar-refractivity contribution in [2.75, 3.05) is 5.32 Å². The molecule has 4 aromatic rings. The summed E-state index contributed by atoms with van der Waals surface area (Å²) in [5.41, 5.74) is 0.465. The Labute approximate surface area is 160 Å². The first-order chi connectivity index (χ1) is 13.6. The molecule has 8 nitrogen and oxygen atoms in total. The Morgan fingerprint density at radius 2 is 1.79 bits per heavy atom. The van der Waals surface area contributed by atoms with Crippen LogP contribution in [0.3, 0.4) is 0 Å². The Bertz CT molecular complexity index is 1170. The zero-order valence-electron chi connectivity index (χ0n) is 14.9. The molecule has 0 atom stereocenters. The predicted octanol–water partition coefficient (Wildman–Crippen LogP) is 4.78. The maximum atomic E-state index is 11.8. The summed E-state index contributed by atoms with van der Waals surface area (Å²) in [5.74, 6) is 0.810. The molecule has 0 aliphatic carbocycles. The summed E-state index contributed by atoms with van der Waals surface area (Å²) >= 11 is 0. The van der Waals surface area contributed by atoms with Crippen molar-refractivity contribution in [1.29, 1.82) is 0 Å². The lowest BCUT2D eigenvalue weighted by atomic mass is 10.1. The Morgan fingerprint density at radius 3 is 2.61 bits per heavy atom. The van der Waals surface area contributed by atoms with Crippen molar-refractivity contribution in [3.05, 3.63) is 82.8 Å². The number of nitrogens with zero attached hydrogens (tertiary/aromatic N) is 4. The van der Waals surface area contributed by atoms with Crippen LogP contribution in [-0.2, 0) is 0 Å². The van der Waals surface area contributed by atoms with Gasteiger partial charge in [-0.15, -0.1) is 0 Å². The molecule has 28 heavy (non-hydrogen) atoms. The Morgan fingerprint density at radius 1 is 0.964 bits per heavy atom. The zero-order valence-corrected chi connectivity index (χ0v) is 14.9. The van der Waals surface area contributed by atoms with Gasteiger partial charge in [0.25, 0.3) is 0 Å². The number of fused-ring (bicyclic) bond motifs is 1. The van der Waals surface area contributed by atoms with E-state index in [0.29, 0.717) is 11.6 Å². The number of hydrogen-bond acceptors (Lipinski definition) is 7. The molecule has 0 bridgehead atoms. The molecule has 0 saturated heterocycles. The maximum absolute atomic E-state index is 11.8. The van der Waals surface area contributed by atoms with Crippen LogP contribution in [0.15, 0.2) is 67.1 Å². The fourth-order valence-electron chi connectivity index (χ4n) is 2.81. The molecule has 4 rings (SSSR count). The van der Waals surface area contributed by atoms with Gasteiger partial charge >= 0.3 is 11.6 Å². The van der Waals surface area contributed by atoms with Crippen molar-refractivity contribution in [2.24, 2.45) is 0 Å². The van der Waals surface area contributed by atoms with Crippen LogP contribution in [0.5, 0.6) is 11.6 Å². The quantitative estimate of drug-likeness (QED) is 0.397. The second kappa shape index (κ2) is 7.28. The SMILES string of the molecule is Cc1cccnc1Nc1ncnc(Oc2cccc3ccccc23)c1[N+](=O)[O-]. The van der Waals surface area contributed by atoms with E-state index >= 15 is 0 Å². The molecule has 0 spiro atoms. The summed E-state index contributed by atoms with van der Waals surface area (Å²) in [6.07, 6.45) is 2.81. The lowest BCUT2D eigenvalue weighted by molar-refractivity contribution is -0.385. The highest BCUT2D eigenvalue weighted by molar-refractivity contribution is 5.88. The lowest BCUT2D eigenvalue weighted by Gasteiger charge is -2.11. The van der Waals surface area contributed by atoms with Gasteiger partial charge in [0.2, 0.25) is 5.82 Å². The third-order valence-corrected chi connectivity index (χ3v) is 4.17. The predicted molar refractivity (Wildman–Crippen MR) is 105 cm³/mol. The van der Waals surface area contributed by atoms with Crippen LogP contribution in [-0.4, -0.2) is 19.9 Å². The van der Waals surface area contributed by atoms with Crippen LogP contribution in [0.4, 0.5) is 17.3 Å². The molecule has 0 saturated carbocycles. The molecule has 2 aromatic carbocycles. The standard InChI is InChI=1S/C20H15N5O3/c1-13-6-5-11-21-18(13)24-19-17(25(26)27)20(23-12-22-19)28-16-10-4-8-14-7-2-3-9-15(14)16/h2-12H,1H3,(H,21,22,23,24). The Hall–Kier alpha value is -4.07. The molecule has 0 radical (unpaired) electrons. The monoisotopic (exact) mass is 373 g/mol. The smallest absolute Gasteiger partial charge is 0.373 e. The van der Waals surface area contributed by atoms with Gasteiger partial charge < -0.3 is 10.1 Å². The first kappa shape index (κ1) is 17.3. The van der Waals surface area contributed by atoms with Crippen LogP contribution >= 0.6 is 0 Å². The van der Waals surface area contributed by atoms with E-state index in [1.165, 1.54) is 6.33 Å².